The van der Waals surface area contributed by atoms with Gasteiger partial charge in [-0.1, -0.05) is 0 Å². The molecule has 0 aliphatic heterocycles. The Bertz CT molecular complexity index is 595. The summed E-state index contributed by atoms with van der Waals surface area (Å²) in [5.74, 6) is 2.77. The fraction of sp³-hybridized carbons (Fsp3) is 0.571. The number of rotatable bonds is 3. The van der Waals surface area contributed by atoms with Gasteiger partial charge < -0.3 is 5.73 Å². The minimum Gasteiger partial charge on any atom is -0.399 e. The van der Waals surface area contributed by atoms with E-state index in [0.29, 0.717) is 22.4 Å². The van der Waals surface area contributed by atoms with Crippen LogP contribution in [0.5, 0.6) is 0 Å². The highest BCUT2D eigenvalue weighted by Crippen LogP contribution is 2.65. The highest BCUT2D eigenvalue weighted by atomic mass is 32.2. The monoisotopic (exact) mass is 278 g/mol. The van der Waals surface area contributed by atoms with Gasteiger partial charge in [0.1, 0.15) is 0 Å². The summed E-state index contributed by atoms with van der Waals surface area (Å²) in [5.41, 5.74) is 6.17. The van der Waals surface area contributed by atoms with E-state index in [-0.39, 0.29) is 6.04 Å². The topological polar surface area (TPSA) is 72.2 Å². The second-order valence-corrected chi connectivity index (χ2v) is 7.92. The summed E-state index contributed by atoms with van der Waals surface area (Å²) >= 11 is 0. The summed E-state index contributed by atoms with van der Waals surface area (Å²) in [6.45, 7) is 0. The molecule has 0 radical (unpaired) electrons. The number of hydrogen-bond acceptors (Lipinski definition) is 3. The van der Waals surface area contributed by atoms with Gasteiger partial charge in [0, 0.05) is 11.7 Å². The Morgan fingerprint density at radius 2 is 1.63 bits per heavy atom. The minimum absolute atomic E-state index is 0.189. The van der Waals surface area contributed by atoms with Crippen molar-refractivity contribution in [2.75, 3.05) is 5.73 Å². The van der Waals surface area contributed by atoms with Crippen LogP contribution in [0.15, 0.2) is 29.2 Å². The molecule has 3 N–H and O–H groups in total. The zero-order chi connectivity index (χ0) is 13.2. The third kappa shape index (κ3) is 1.71. The van der Waals surface area contributed by atoms with Crippen molar-refractivity contribution in [2.24, 2.45) is 23.7 Å². The molecule has 4 atom stereocenters. The molecule has 0 aromatic heterocycles. The molecule has 19 heavy (non-hydrogen) atoms. The third-order valence-corrected chi connectivity index (χ3v) is 6.69. The Labute approximate surface area is 113 Å². The van der Waals surface area contributed by atoms with Crippen LogP contribution in [0.25, 0.3) is 0 Å². The van der Waals surface area contributed by atoms with Crippen molar-refractivity contribution in [3.05, 3.63) is 24.3 Å². The summed E-state index contributed by atoms with van der Waals surface area (Å²) in [7, 11) is -3.38. The largest absolute Gasteiger partial charge is 0.399 e. The Hall–Kier alpha value is -1.07. The number of sulfonamides is 1. The van der Waals surface area contributed by atoms with Crippen LogP contribution in [0.1, 0.15) is 19.3 Å². The predicted molar refractivity (Wildman–Crippen MR) is 72.8 cm³/mol. The van der Waals surface area contributed by atoms with Gasteiger partial charge in [0.05, 0.1) is 4.90 Å². The zero-order valence-corrected chi connectivity index (χ0v) is 11.4. The van der Waals surface area contributed by atoms with Gasteiger partial charge in [-0.15, -0.1) is 0 Å². The number of fused-ring (bicyclic) bond motifs is 5. The molecule has 3 fully saturated rings. The van der Waals surface area contributed by atoms with Gasteiger partial charge in [0.25, 0.3) is 0 Å². The van der Waals surface area contributed by atoms with Crippen LogP contribution in [0.2, 0.25) is 0 Å². The van der Waals surface area contributed by atoms with E-state index in [0.717, 1.165) is 11.8 Å². The van der Waals surface area contributed by atoms with E-state index in [1.807, 2.05) is 0 Å². The van der Waals surface area contributed by atoms with E-state index < -0.39 is 10.0 Å². The van der Waals surface area contributed by atoms with Crippen molar-refractivity contribution in [3.63, 3.8) is 0 Å². The second kappa shape index (κ2) is 3.73. The lowest BCUT2D eigenvalue weighted by atomic mass is 10.0. The first kappa shape index (κ1) is 11.7. The molecule has 102 valence electrons. The van der Waals surface area contributed by atoms with Crippen molar-refractivity contribution in [1.29, 1.82) is 0 Å². The Morgan fingerprint density at radius 3 is 2.21 bits per heavy atom. The summed E-state index contributed by atoms with van der Waals surface area (Å²) in [5, 5.41) is 0. The normalized spacial score (nSPS) is 39.3. The van der Waals surface area contributed by atoms with E-state index in [1.165, 1.54) is 19.3 Å². The number of nitrogens with two attached hydrogens (primary N) is 1. The second-order valence-electron chi connectivity index (χ2n) is 6.20. The third-order valence-electron chi connectivity index (χ3n) is 5.22. The van der Waals surface area contributed by atoms with E-state index in [9.17, 15) is 8.42 Å². The van der Waals surface area contributed by atoms with Gasteiger partial charge in [-0.25, -0.2) is 13.1 Å². The molecule has 4 rings (SSSR count). The van der Waals surface area contributed by atoms with Gasteiger partial charge in [0.2, 0.25) is 10.0 Å². The molecule has 3 saturated carbocycles. The van der Waals surface area contributed by atoms with E-state index in [4.69, 9.17) is 5.73 Å². The molecule has 0 heterocycles. The van der Waals surface area contributed by atoms with Crippen LogP contribution >= 0.6 is 0 Å². The highest BCUT2D eigenvalue weighted by molar-refractivity contribution is 7.89. The summed E-state index contributed by atoms with van der Waals surface area (Å²) in [4.78, 5) is 0.319. The van der Waals surface area contributed by atoms with Crippen molar-refractivity contribution in [3.8, 4) is 0 Å². The van der Waals surface area contributed by atoms with E-state index in [1.54, 1.807) is 24.3 Å². The van der Waals surface area contributed by atoms with Crippen LogP contribution in [0, 0.1) is 23.7 Å². The highest BCUT2D eigenvalue weighted by Gasteiger charge is 2.65. The molecular formula is C14H18N2O2S. The van der Waals surface area contributed by atoms with Crippen molar-refractivity contribution < 1.29 is 8.42 Å². The molecule has 0 saturated heterocycles. The molecule has 1 aromatic rings. The first-order chi connectivity index (χ1) is 9.06. The predicted octanol–water partition coefficient (Wildman–Crippen LogP) is 1.59. The van der Waals surface area contributed by atoms with Gasteiger partial charge in [-0.05, 0) is 67.2 Å². The molecule has 5 heteroatoms. The maximum atomic E-state index is 12.3. The maximum absolute atomic E-state index is 12.3. The quantitative estimate of drug-likeness (QED) is 0.825. The van der Waals surface area contributed by atoms with Crippen molar-refractivity contribution >= 4 is 15.7 Å². The van der Waals surface area contributed by atoms with Gasteiger partial charge in [-0.3, -0.25) is 0 Å². The van der Waals surface area contributed by atoms with Gasteiger partial charge in [0.15, 0.2) is 0 Å². The SMILES string of the molecule is Nc1ccc(S(=O)(=O)NC2C3C4CCC(C4)C23)cc1. The summed E-state index contributed by atoms with van der Waals surface area (Å²) in [6.07, 6.45) is 3.92. The maximum Gasteiger partial charge on any atom is 0.240 e. The lowest BCUT2D eigenvalue weighted by Gasteiger charge is -2.11. The van der Waals surface area contributed by atoms with Gasteiger partial charge >= 0.3 is 0 Å². The molecule has 0 amide bonds. The van der Waals surface area contributed by atoms with Crippen LogP contribution in [-0.4, -0.2) is 14.5 Å². The average Bonchev–Trinajstić information content (AvgIpc) is 2.78. The molecule has 3 aliphatic rings. The van der Waals surface area contributed by atoms with E-state index in [2.05, 4.69) is 4.72 Å². The smallest absolute Gasteiger partial charge is 0.240 e. The van der Waals surface area contributed by atoms with Crippen LogP contribution in [-0.2, 0) is 10.0 Å². The molecule has 2 bridgehead atoms. The van der Waals surface area contributed by atoms with Gasteiger partial charge in [-0.2, -0.15) is 0 Å². The number of nitrogens with one attached hydrogen (secondary N) is 1. The minimum atomic E-state index is -3.38. The fourth-order valence-electron chi connectivity index (χ4n) is 4.38. The number of benzene rings is 1. The molecule has 1 aromatic carbocycles. The molecular weight excluding hydrogens is 260 g/mol. The average molecular weight is 278 g/mol. The first-order valence-corrected chi connectivity index (χ1v) is 8.42. The van der Waals surface area contributed by atoms with Crippen LogP contribution in [0.3, 0.4) is 0 Å². The molecule has 3 aliphatic carbocycles. The Morgan fingerprint density at radius 1 is 1.05 bits per heavy atom. The summed E-state index contributed by atoms with van der Waals surface area (Å²) in [6, 6.07) is 6.60. The standard InChI is InChI=1S/C14H18N2O2S/c15-10-3-5-11(6-4-10)19(17,18)16-14-12-8-1-2-9(7-8)13(12)14/h3-6,8-9,12-14,16H,1-2,7,15H2. The van der Waals surface area contributed by atoms with Crippen LogP contribution in [0.4, 0.5) is 5.69 Å². The van der Waals surface area contributed by atoms with Crippen molar-refractivity contribution in [1.82, 2.24) is 4.72 Å². The van der Waals surface area contributed by atoms with Crippen LogP contribution < -0.4 is 10.5 Å². The summed E-state index contributed by atoms with van der Waals surface area (Å²) < 4.78 is 27.5. The number of anilines is 1. The molecule has 0 spiro atoms. The Kier molecular flexibility index (Phi) is 2.30. The Balaban J connectivity index is 1.53. The fourth-order valence-corrected chi connectivity index (χ4v) is 5.68. The molecule has 4 nitrogen and oxygen atoms in total. The first-order valence-electron chi connectivity index (χ1n) is 6.94. The lowest BCUT2D eigenvalue weighted by Crippen LogP contribution is -2.30. The van der Waals surface area contributed by atoms with E-state index >= 15 is 0 Å². The zero-order valence-electron chi connectivity index (χ0n) is 10.6. The number of hydrogen-bond donors (Lipinski definition) is 2. The number of nitrogen functional groups attached to an aromatic ring is 1. The van der Waals surface area contributed by atoms with Crippen molar-refractivity contribution in [2.45, 2.75) is 30.2 Å². The lowest BCUT2D eigenvalue weighted by molar-refractivity contribution is 0.456. The molecule has 4 unspecified atom stereocenters.